The Labute approximate surface area is 86.8 Å². The lowest BCUT2D eigenvalue weighted by Crippen LogP contribution is -2.47. The quantitative estimate of drug-likeness (QED) is 0.707. The van der Waals surface area contributed by atoms with Crippen LogP contribution in [0.2, 0.25) is 0 Å². The molecule has 0 spiro atoms. The van der Waals surface area contributed by atoms with Crippen molar-refractivity contribution in [1.29, 1.82) is 0 Å². The molecule has 0 aromatic carbocycles. The summed E-state index contributed by atoms with van der Waals surface area (Å²) in [5, 5.41) is 3.43. The molecule has 3 nitrogen and oxygen atoms in total. The Bertz CT molecular complexity index is 170. The van der Waals surface area contributed by atoms with Gasteiger partial charge >= 0.3 is 0 Å². The Morgan fingerprint density at radius 1 is 1.29 bits per heavy atom. The molecule has 2 aliphatic heterocycles. The van der Waals surface area contributed by atoms with Gasteiger partial charge in [-0.3, -0.25) is 4.90 Å². The lowest BCUT2D eigenvalue weighted by Gasteiger charge is -2.36. The van der Waals surface area contributed by atoms with Crippen molar-refractivity contribution in [3.63, 3.8) is 0 Å². The first-order chi connectivity index (χ1) is 6.74. The third kappa shape index (κ3) is 2.69. The van der Waals surface area contributed by atoms with E-state index in [1.165, 1.54) is 26.1 Å². The Balaban J connectivity index is 1.78. The first-order valence-electron chi connectivity index (χ1n) is 5.82. The van der Waals surface area contributed by atoms with Crippen molar-refractivity contribution in [2.45, 2.75) is 32.5 Å². The Morgan fingerprint density at radius 2 is 2.00 bits per heavy atom. The maximum Gasteiger partial charge on any atom is 0.0678 e. The Morgan fingerprint density at radius 3 is 2.57 bits per heavy atom. The Kier molecular flexibility index (Phi) is 3.42. The van der Waals surface area contributed by atoms with E-state index in [9.17, 15) is 0 Å². The average Bonchev–Trinajstić information content (AvgIpc) is 2.54. The molecule has 14 heavy (non-hydrogen) atoms. The van der Waals surface area contributed by atoms with Crippen LogP contribution in [0.3, 0.4) is 0 Å². The van der Waals surface area contributed by atoms with Crippen LogP contribution in [0.4, 0.5) is 0 Å². The molecule has 2 fully saturated rings. The third-order valence-electron chi connectivity index (χ3n) is 3.17. The van der Waals surface area contributed by atoms with E-state index < -0.39 is 0 Å². The zero-order valence-corrected chi connectivity index (χ0v) is 9.33. The second kappa shape index (κ2) is 4.60. The topological polar surface area (TPSA) is 24.5 Å². The molecule has 2 saturated heterocycles. The molecule has 0 aromatic heterocycles. The van der Waals surface area contributed by atoms with Crippen LogP contribution in [0.25, 0.3) is 0 Å². The first kappa shape index (κ1) is 10.4. The largest absolute Gasteiger partial charge is 0.373 e. The molecule has 3 unspecified atom stereocenters. The molecule has 0 aliphatic carbocycles. The zero-order chi connectivity index (χ0) is 9.97. The van der Waals surface area contributed by atoms with Crippen LogP contribution in [0.1, 0.15) is 20.3 Å². The molecule has 0 aromatic rings. The number of rotatable bonds is 2. The average molecular weight is 198 g/mol. The van der Waals surface area contributed by atoms with Crippen molar-refractivity contribution in [2.75, 3.05) is 32.7 Å². The molecule has 3 heteroatoms. The van der Waals surface area contributed by atoms with Gasteiger partial charge in [-0.15, -0.1) is 0 Å². The van der Waals surface area contributed by atoms with Gasteiger partial charge in [0.05, 0.1) is 12.2 Å². The van der Waals surface area contributed by atoms with Crippen LogP contribution in [0, 0.1) is 5.92 Å². The van der Waals surface area contributed by atoms with E-state index in [1.807, 2.05) is 0 Å². The molecule has 1 N–H and O–H groups in total. The molecule has 2 aliphatic rings. The highest BCUT2D eigenvalue weighted by molar-refractivity contribution is 4.79. The van der Waals surface area contributed by atoms with Crippen LogP contribution < -0.4 is 5.32 Å². The first-order valence-corrected chi connectivity index (χ1v) is 5.82. The van der Waals surface area contributed by atoms with E-state index in [0.29, 0.717) is 12.2 Å². The van der Waals surface area contributed by atoms with Crippen molar-refractivity contribution >= 4 is 0 Å². The smallest absolute Gasteiger partial charge is 0.0678 e. The van der Waals surface area contributed by atoms with E-state index in [-0.39, 0.29) is 0 Å². The lowest BCUT2D eigenvalue weighted by molar-refractivity contribution is -0.0708. The number of nitrogens with zero attached hydrogens (tertiary/aromatic N) is 1. The minimum Gasteiger partial charge on any atom is -0.373 e. The summed E-state index contributed by atoms with van der Waals surface area (Å²) >= 11 is 0. The fourth-order valence-corrected chi connectivity index (χ4v) is 2.67. The van der Waals surface area contributed by atoms with Crippen molar-refractivity contribution < 1.29 is 4.74 Å². The molecule has 0 radical (unpaired) electrons. The summed E-state index contributed by atoms with van der Waals surface area (Å²) in [7, 11) is 0. The molecule has 3 atom stereocenters. The number of nitrogens with one attached hydrogen (secondary N) is 1. The predicted octanol–water partition coefficient (Wildman–Crippen LogP) is 0.705. The van der Waals surface area contributed by atoms with Gasteiger partial charge in [-0.05, 0) is 39.3 Å². The van der Waals surface area contributed by atoms with Gasteiger partial charge in [0.15, 0.2) is 0 Å². The molecule has 2 rings (SSSR count). The zero-order valence-electron chi connectivity index (χ0n) is 9.33. The number of hydrogen-bond acceptors (Lipinski definition) is 3. The fourth-order valence-electron chi connectivity index (χ4n) is 2.67. The molecular weight excluding hydrogens is 176 g/mol. The SMILES string of the molecule is CC1CN(CC2CCNC2)CC(C)O1. The molecule has 0 amide bonds. The van der Waals surface area contributed by atoms with E-state index >= 15 is 0 Å². The van der Waals surface area contributed by atoms with Gasteiger partial charge in [-0.1, -0.05) is 0 Å². The maximum absolute atomic E-state index is 5.72. The summed E-state index contributed by atoms with van der Waals surface area (Å²) in [5.41, 5.74) is 0. The predicted molar refractivity (Wildman–Crippen MR) is 57.4 cm³/mol. The van der Waals surface area contributed by atoms with Crippen LogP contribution in [-0.2, 0) is 4.74 Å². The monoisotopic (exact) mass is 198 g/mol. The van der Waals surface area contributed by atoms with Crippen LogP contribution >= 0.6 is 0 Å². The summed E-state index contributed by atoms with van der Waals surface area (Å²) in [6.07, 6.45) is 2.17. The molecule has 82 valence electrons. The van der Waals surface area contributed by atoms with Gasteiger partial charge in [-0.25, -0.2) is 0 Å². The minimum absolute atomic E-state index is 0.410. The number of hydrogen-bond donors (Lipinski definition) is 1. The highest BCUT2D eigenvalue weighted by atomic mass is 16.5. The second-order valence-corrected chi connectivity index (χ2v) is 4.83. The summed E-state index contributed by atoms with van der Waals surface area (Å²) in [6.45, 7) is 10.2. The molecule has 0 saturated carbocycles. The molecular formula is C11H22N2O. The molecule has 0 bridgehead atoms. The number of morpholine rings is 1. The Hall–Kier alpha value is -0.120. The van der Waals surface area contributed by atoms with E-state index in [0.717, 1.165) is 19.0 Å². The van der Waals surface area contributed by atoms with Gasteiger partial charge in [0.25, 0.3) is 0 Å². The molecule has 2 heterocycles. The minimum atomic E-state index is 0.410. The van der Waals surface area contributed by atoms with Gasteiger partial charge in [0.1, 0.15) is 0 Å². The third-order valence-corrected chi connectivity index (χ3v) is 3.17. The maximum atomic E-state index is 5.72. The van der Waals surface area contributed by atoms with Gasteiger partial charge in [0.2, 0.25) is 0 Å². The van der Waals surface area contributed by atoms with Crippen molar-refractivity contribution in [1.82, 2.24) is 10.2 Å². The number of ether oxygens (including phenoxy) is 1. The fraction of sp³-hybridized carbons (Fsp3) is 1.00. The summed E-state index contributed by atoms with van der Waals surface area (Å²) in [6, 6.07) is 0. The standard InChI is InChI=1S/C11H22N2O/c1-9-6-13(7-10(2)14-9)8-11-3-4-12-5-11/h9-12H,3-8H2,1-2H3. The van der Waals surface area contributed by atoms with Crippen molar-refractivity contribution in [3.05, 3.63) is 0 Å². The van der Waals surface area contributed by atoms with Crippen LogP contribution in [0.5, 0.6) is 0 Å². The van der Waals surface area contributed by atoms with Crippen molar-refractivity contribution in [2.24, 2.45) is 5.92 Å². The van der Waals surface area contributed by atoms with Gasteiger partial charge in [0, 0.05) is 19.6 Å². The van der Waals surface area contributed by atoms with Gasteiger partial charge in [-0.2, -0.15) is 0 Å². The normalized spacial score (nSPS) is 40.3. The summed E-state index contributed by atoms with van der Waals surface area (Å²) in [4.78, 5) is 2.57. The highest BCUT2D eigenvalue weighted by Crippen LogP contribution is 2.15. The van der Waals surface area contributed by atoms with E-state index in [2.05, 4.69) is 24.1 Å². The second-order valence-electron chi connectivity index (χ2n) is 4.83. The van der Waals surface area contributed by atoms with E-state index in [1.54, 1.807) is 0 Å². The summed E-state index contributed by atoms with van der Waals surface area (Å²) in [5.74, 6) is 0.868. The lowest BCUT2D eigenvalue weighted by atomic mass is 10.1. The van der Waals surface area contributed by atoms with Crippen molar-refractivity contribution in [3.8, 4) is 0 Å². The van der Waals surface area contributed by atoms with Crippen LogP contribution in [0.15, 0.2) is 0 Å². The summed E-state index contributed by atoms with van der Waals surface area (Å²) < 4.78 is 5.72. The van der Waals surface area contributed by atoms with Crippen LogP contribution in [-0.4, -0.2) is 49.8 Å². The van der Waals surface area contributed by atoms with Gasteiger partial charge < -0.3 is 10.1 Å². The highest BCUT2D eigenvalue weighted by Gasteiger charge is 2.25. The van der Waals surface area contributed by atoms with E-state index in [4.69, 9.17) is 4.74 Å².